The lowest BCUT2D eigenvalue weighted by Gasteiger charge is -2.26. The summed E-state index contributed by atoms with van der Waals surface area (Å²) in [7, 11) is 0. The number of para-hydroxylation sites is 4. The van der Waals surface area contributed by atoms with Crippen LogP contribution >= 0.6 is 0 Å². The number of furan rings is 1. The second-order valence-electron chi connectivity index (χ2n) is 12.6. The summed E-state index contributed by atoms with van der Waals surface area (Å²) in [6.45, 7) is 0. The molecule has 0 spiro atoms. The van der Waals surface area contributed by atoms with E-state index >= 15 is 0 Å². The number of nitrogens with zero attached hydrogens (tertiary/aromatic N) is 2. The quantitative estimate of drug-likeness (QED) is 0.190. The van der Waals surface area contributed by atoms with E-state index in [-0.39, 0.29) is 0 Å². The Hall–Kier alpha value is -6.58. The highest BCUT2D eigenvalue weighted by atomic mass is 16.3. The van der Waals surface area contributed by atoms with E-state index in [0.717, 1.165) is 50.2 Å². The first-order valence-corrected chi connectivity index (χ1v) is 16.7. The lowest BCUT2D eigenvalue weighted by molar-refractivity contribution is 0.669. The van der Waals surface area contributed by atoms with Crippen LogP contribution in [0, 0.1) is 0 Å². The van der Waals surface area contributed by atoms with E-state index in [2.05, 4.69) is 179 Å². The maximum atomic E-state index is 6.41. The van der Waals surface area contributed by atoms with Gasteiger partial charge in [-0.05, 0) is 88.6 Å². The van der Waals surface area contributed by atoms with E-state index in [0.29, 0.717) is 0 Å². The molecule has 0 amide bonds. The molecule has 230 valence electrons. The van der Waals surface area contributed by atoms with Crippen LogP contribution in [-0.2, 0) is 0 Å². The molecule has 10 rings (SSSR count). The van der Waals surface area contributed by atoms with Gasteiger partial charge in [0.2, 0.25) is 0 Å². The molecule has 0 atom stereocenters. The predicted molar refractivity (Wildman–Crippen MR) is 206 cm³/mol. The van der Waals surface area contributed by atoms with Crippen LogP contribution in [0.2, 0.25) is 0 Å². The molecule has 0 aliphatic rings. The van der Waals surface area contributed by atoms with Gasteiger partial charge >= 0.3 is 0 Å². The summed E-state index contributed by atoms with van der Waals surface area (Å²) in [5, 5.41) is 7.16. The van der Waals surface area contributed by atoms with Crippen molar-refractivity contribution in [3.63, 3.8) is 0 Å². The van der Waals surface area contributed by atoms with Crippen LogP contribution in [0.5, 0.6) is 0 Å². The Morgan fingerprint density at radius 1 is 0.408 bits per heavy atom. The highest BCUT2D eigenvalue weighted by Gasteiger charge is 2.22. The van der Waals surface area contributed by atoms with Gasteiger partial charge in [0.1, 0.15) is 11.2 Å². The van der Waals surface area contributed by atoms with E-state index in [9.17, 15) is 0 Å². The Labute approximate surface area is 283 Å². The van der Waals surface area contributed by atoms with Crippen molar-refractivity contribution in [2.24, 2.45) is 0 Å². The summed E-state index contributed by atoms with van der Waals surface area (Å²) in [5.74, 6) is 0. The largest absolute Gasteiger partial charge is 0.456 e. The SMILES string of the molecule is c1ccc(N(c2ccc3c(c2)oc2ccccc23)c2cc(-c3ccc4ccccc4c3)c3c4ccccc4n(-c4ccccc4)c3c2)cc1. The summed E-state index contributed by atoms with van der Waals surface area (Å²) < 4.78 is 8.81. The van der Waals surface area contributed by atoms with Gasteiger partial charge in [0.25, 0.3) is 0 Å². The van der Waals surface area contributed by atoms with Crippen molar-refractivity contribution in [3.8, 4) is 16.8 Å². The average molecular weight is 627 g/mol. The fourth-order valence-electron chi connectivity index (χ4n) is 7.53. The van der Waals surface area contributed by atoms with Crippen molar-refractivity contribution >= 4 is 71.6 Å². The Balaban J connectivity index is 1.31. The number of aromatic nitrogens is 1. The van der Waals surface area contributed by atoms with Crippen LogP contribution < -0.4 is 4.90 Å². The molecular weight excluding hydrogens is 597 g/mol. The van der Waals surface area contributed by atoms with Crippen molar-refractivity contribution < 1.29 is 4.42 Å². The number of hydrogen-bond donors (Lipinski definition) is 0. The molecule has 0 N–H and O–H groups in total. The van der Waals surface area contributed by atoms with E-state index in [1.54, 1.807) is 0 Å². The second kappa shape index (κ2) is 11.0. The van der Waals surface area contributed by atoms with E-state index < -0.39 is 0 Å². The molecule has 0 saturated heterocycles. The molecule has 0 bridgehead atoms. The molecular formula is C46H30N2O. The predicted octanol–water partition coefficient (Wildman–Crippen LogP) is 13.0. The first-order chi connectivity index (χ1) is 24.3. The first kappa shape index (κ1) is 27.5. The van der Waals surface area contributed by atoms with E-state index in [1.165, 1.54) is 38.2 Å². The molecule has 3 nitrogen and oxygen atoms in total. The fraction of sp³-hybridized carbons (Fsp3) is 0. The summed E-state index contributed by atoms with van der Waals surface area (Å²) in [5.41, 5.74) is 10.8. The van der Waals surface area contributed by atoms with Crippen LogP contribution in [0.3, 0.4) is 0 Å². The van der Waals surface area contributed by atoms with Crippen LogP contribution in [0.1, 0.15) is 0 Å². The summed E-state index contributed by atoms with van der Waals surface area (Å²) in [6.07, 6.45) is 0. The molecule has 0 aliphatic heterocycles. The average Bonchev–Trinajstić information content (AvgIpc) is 3.70. The lowest BCUT2D eigenvalue weighted by Crippen LogP contribution is -2.10. The minimum atomic E-state index is 0.869. The van der Waals surface area contributed by atoms with Gasteiger partial charge in [-0.3, -0.25) is 0 Å². The zero-order chi connectivity index (χ0) is 32.3. The number of benzene rings is 8. The van der Waals surface area contributed by atoms with Crippen molar-refractivity contribution in [1.29, 1.82) is 0 Å². The highest BCUT2D eigenvalue weighted by Crippen LogP contribution is 2.45. The minimum Gasteiger partial charge on any atom is -0.456 e. The van der Waals surface area contributed by atoms with E-state index in [1.807, 2.05) is 12.1 Å². The van der Waals surface area contributed by atoms with Gasteiger partial charge in [-0.25, -0.2) is 0 Å². The molecule has 3 heteroatoms. The number of rotatable bonds is 5. The van der Waals surface area contributed by atoms with Crippen molar-refractivity contribution in [3.05, 3.63) is 182 Å². The Morgan fingerprint density at radius 3 is 1.96 bits per heavy atom. The Bertz CT molecular complexity index is 2830. The summed E-state index contributed by atoms with van der Waals surface area (Å²) in [6, 6.07) is 65.1. The maximum Gasteiger partial charge on any atom is 0.137 e. The van der Waals surface area contributed by atoms with Crippen LogP contribution in [0.4, 0.5) is 17.1 Å². The highest BCUT2D eigenvalue weighted by molar-refractivity contribution is 6.17. The Morgan fingerprint density at radius 2 is 1.10 bits per heavy atom. The molecule has 49 heavy (non-hydrogen) atoms. The van der Waals surface area contributed by atoms with Gasteiger partial charge in [0, 0.05) is 50.4 Å². The van der Waals surface area contributed by atoms with Crippen molar-refractivity contribution in [2.45, 2.75) is 0 Å². The first-order valence-electron chi connectivity index (χ1n) is 16.7. The lowest BCUT2D eigenvalue weighted by atomic mass is 9.96. The number of hydrogen-bond acceptors (Lipinski definition) is 2. The molecule has 0 unspecified atom stereocenters. The molecule has 2 heterocycles. The third kappa shape index (κ3) is 4.44. The molecule has 0 fully saturated rings. The Kier molecular flexibility index (Phi) is 6.18. The zero-order valence-corrected chi connectivity index (χ0v) is 26.6. The zero-order valence-electron chi connectivity index (χ0n) is 26.6. The van der Waals surface area contributed by atoms with Crippen molar-refractivity contribution in [1.82, 2.24) is 4.57 Å². The van der Waals surface area contributed by atoms with Crippen LogP contribution in [-0.4, -0.2) is 4.57 Å². The third-order valence-electron chi connectivity index (χ3n) is 9.73. The van der Waals surface area contributed by atoms with E-state index in [4.69, 9.17) is 4.42 Å². The summed E-state index contributed by atoms with van der Waals surface area (Å²) in [4.78, 5) is 2.35. The second-order valence-corrected chi connectivity index (χ2v) is 12.6. The topological polar surface area (TPSA) is 21.3 Å². The molecule has 8 aromatic carbocycles. The molecule has 10 aromatic rings. The molecule has 2 aromatic heterocycles. The smallest absolute Gasteiger partial charge is 0.137 e. The van der Waals surface area contributed by atoms with Gasteiger partial charge in [-0.15, -0.1) is 0 Å². The van der Waals surface area contributed by atoms with Gasteiger partial charge in [-0.1, -0.05) is 109 Å². The van der Waals surface area contributed by atoms with Gasteiger partial charge in [-0.2, -0.15) is 0 Å². The standard InChI is InChI=1S/C46H30N2O/c1-3-15-34(16-4-1)47(36-25-26-39-38-19-10-12-22-44(38)49-45(39)30-36)37-28-41(33-24-23-31-13-7-8-14-32(31)27-33)46-40-20-9-11-21-42(40)48(43(46)29-37)35-17-5-2-6-18-35/h1-30H. The summed E-state index contributed by atoms with van der Waals surface area (Å²) >= 11 is 0. The normalized spacial score (nSPS) is 11.7. The monoisotopic (exact) mass is 626 g/mol. The van der Waals surface area contributed by atoms with Gasteiger partial charge < -0.3 is 13.9 Å². The minimum absolute atomic E-state index is 0.869. The molecule has 0 saturated carbocycles. The fourth-order valence-corrected chi connectivity index (χ4v) is 7.53. The third-order valence-corrected chi connectivity index (χ3v) is 9.73. The maximum absolute atomic E-state index is 6.41. The van der Waals surface area contributed by atoms with Gasteiger partial charge in [0.15, 0.2) is 0 Å². The molecule has 0 aliphatic carbocycles. The number of anilines is 3. The number of fused-ring (bicyclic) bond motifs is 7. The van der Waals surface area contributed by atoms with Gasteiger partial charge in [0.05, 0.1) is 11.0 Å². The van der Waals surface area contributed by atoms with Crippen molar-refractivity contribution in [2.75, 3.05) is 4.90 Å². The van der Waals surface area contributed by atoms with Crippen LogP contribution in [0.25, 0.3) is 71.3 Å². The molecule has 0 radical (unpaired) electrons. The van der Waals surface area contributed by atoms with Crippen LogP contribution in [0.15, 0.2) is 186 Å².